The lowest BCUT2D eigenvalue weighted by Gasteiger charge is -1.99. The number of aromatic nitrogens is 3. The van der Waals surface area contributed by atoms with Crippen LogP contribution in [0.1, 0.15) is 27.7 Å². The third-order valence-electron chi connectivity index (χ3n) is 3.15. The molecule has 0 unspecified atom stereocenters. The SMILES string of the molecule is O=C(C=C(O)c1ncn[nH]1)c1ccc(Cc2ccccc2F)o1. The summed E-state index contributed by atoms with van der Waals surface area (Å²) in [5, 5.41) is 15.7. The highest BCUT2D eigenvalue weighted by molar-refractivity contribution is 6.05. The maximum atomic E-state index is 13.6. The predicted molar refractivity (Wildman–Crippen MR) is 79.2 cm³/mol. The average Bonchev–Trinajstić information content (AvgIpc) is 3.21. The van der Waals surface area contributed by atoms with Crippen molar-refractivity contribution < 1.29 is 18.7 Å². The molecule has 23 heavy (non-hydrogen) atoms. The number of allylic oxidation sites excluding steroid dienone is 1. The third kappa shape index (κ3) is 3.34. The van der Waals surface area contributed by atoms with E-state index in [1.807, 2.05) is 0 Å². The number of aliphatic hydroxyl groups is 1. The molecule has 0 saturated heterocycles. The van der Waals surface area contributed by atoms with Crippen molar-refractivity contribution >= 4 is 11.5 Å². The topological polar surface area (TPSA) is 92.0 Å². The molecule has 6 nitrogen and oxygen atoms in total. The normalized spacial score (nSPS) is 11.6. The van der Waals surface area contributed by atoms with Gasteiger partial charge in [-0.15, -0.1) is 0 Å². The second kappa shape index (κ2) is 6.27. The van der Waals surface area contributed by atoms with E-state index in [-0.39, 0.29) is 29.6 Å². The minimum atomic E-state index is -0.529. The van der Waals surface area contributed by atoms with Gasteiger partial charge in [-0.3, -0.25) is 9.89 Å². The summed E-state index contributed by atoms with van der Waals surface area (Å²) >= 11 is 0. The van der Waals surface area contributed by atoms with E-state index in [9.17, 15) is 14.3 Å². The van der Waals surface area contributed by atoms with E-state index in [1.165, 1.54) is 18.5 Å². The van der Waals surface area contributed by atoms with E-state index in [1.54, 1.807) is 24.3 Å². The summed E-state index contributed by atoms with van der Waals surface area (Å²) in [4.78, 5) is 15.7. The zero-order chi connectivity index (χ0) is 16.2. The van der Waals surface area contributed by atoms with Crippen LogP contribution in [0.25, 0.3) is 5.76 Å². The van der Waals surface area contributed by atoms with Crippen molar-refractivity contribution in [1.82, 2.24) is 15.2 Å². The number of aromatic amines is 1. The van der Waals surface area contributed by atoms with Crippen LogP contribution >= 0.6 is 0 Å². The Morgan fingerprint density at radius 2 is 2.13 bits per heavy atom. The van der Waals surface area contributed by atoms with Crippen LogP contribution in [0.15, 0.2) is 53.2 Å². The Morgan fingerprint density at radius 3 is 2.87 bits per heavy atom. The molecular formula is C16H12FN3O3. The molecule has 0 amide bonds. The molecule has 3 aromatic rings. The first-order valence-corrected chi connectivity index (χ1v) is 6.76. The molecule has 0 aliphatic heterocycles. The molecule has 0 fully saturated rings. The number of ketones is 1. The van der Waals surface area contributed by atoms with Gasteiger partial charge in [0.15, 0.2) is 17.3 Å². The molecule has 2 heterocycles. The predicted octanol–water partition coefficient (Wildman–Crippen LogP) is 2.91. The summed E-state index contributed by atoms with van der Waals surface area (Å²) in [6.07, 6.45) is 2.42. The molecular weight excluding hydrogens is 301 g/mol. The third-order valence-corrected chi connectivity index (χ3v) is 3.15. The zero-order valence-electron chi connectivity index (χ0n) is 11.9. The van der Waals surface area contributed by atoms with E-state index in [0.717, 1.165) is 6.08 Å². The minimum absolute atomic E-state index is 0.0439. The Morgan fingerprint density at radius 1 is 1.30 bits per heavy atom. The van der Waals surface area contributed by atoms with Crippen molar-refractivity contribution in [2.75, 3.05) is 0 Å². The molecule has 0 bridgehead atoms. The average molecular weight is 313 g/mol. The van der Waals surface area contributed by atoms with E-state index in [4.69, 9.17) is 4.42 Å². The van der Waals surface area contributed by atoms with Crippen LogP contribution in [0.5, 0.6) is 0 Å². The monoisotopic (exact) mass is 313 g/mol. The van der Waals surface area contributed by atoms with Gasteiger partial charge in [0.2, 0.25) is 5.78 Å². The molecule has 0 saturated carbocycles. The van der Waals surface area contributed by atoms with Crippen LogP contribution in [0.2, 0.25) is 0 Å². The van der Waals surface area contributed by atoms with Gasteiger partial charge in [-0.1, -0.05) is 18.2 Å². The fraction of sp³-hybridized carbons (Fsp3) is 0.0625. The molecule has 3 rings (SSSR count). The van der Waals surface area contributed by atoms with Crippen LogP contribution in [0.4, 0.5) is 4.39 Å². The van der Waals surface area contributed by atoms with E-state index < -0.39 is 5.78 Å². The van der Waals surface area contributed by atoms with E-state index >= 15 is 0 Å². The molecule has 116 valence electrons. The maximum Gasteiger partial charge on any atom is 0.224 e. The Balaban J connectivity index is 1.75. The summed E-state index contributed by atoms with van der Waals surface area (Å²) < 4.78 is 19.0. The highest BCUT2D eigenvalue weighted by atomic mass is 19.1. The van der Waals surface area contributed by atoms with Gasteiger partial charge in [-0.2, -0.15) is 5.10 Å². The Hall–Kier alpha value is -3.22. The van der Waals surface area contributed by atoms with Crippen molar-refractivity contribution in [3.8, 4) is 0 Å². The number of hydrogen-bond donors (Lipinski definition) is 2. The number of aliphatic hydroxyl groups excluding tert-OH is 1. The number of benzene rings is 1. The summed E-state index contributed by atoms with van der Waals surface area (Å²) in [5.41, 5.74) is 0.473. The van der Waals surface area contributed by atoms with Crippen molar-refractivity contribution in [2.24, 2.45) is 0 Å². The standard InChI is InChI=1S/C16H12FN3O3/c17-12-4-2-1-3-10(12)7-11-5-6-15(23-11)13(21)8-14(22)16-18-9-19-20-16/h1-6,8-9,22H,7H2,(H,18,19,20). The fourth-order valence-electron chi connectivity index (χ4n) is 2.03. The van der Waals surface area contributed by atoms with Crippen LogP contribution < -0.4 is 0 Å². The molecule has 0 atom stereocenters. The number of furan rings is 1. The van der Waals surface area contributed by atoms with Gasteiger partial charge in [0.05, 0.1) is 0 Å². The second-order valence-corrected chi connectivity index (χ2v) is 4.76. The van der Waals surface area contributed by atoms with E-state index in [0.29, 0.717) is 11.3 Å². The smallest absolute Gasteiger partial charge is 0.224 e. The summed E-state index contributed by atoms with van der Waals surface area (Å²) in [5.74, 6) is -0.636. The van der Waals surface area contributed by atoms with Crippen LogP contribution in [0.3, 0.4) is 0 Å². The Bertz CT molecular complexity index is 853. The van der Waals surface area contributed by atoms with Crippen molar-refractivity contribution in [3.63, 3.8) is 0 Å². The zero-order valence-corrected chi connectivity index (χ0v) is 11.9. The number of carbonyl (C=O) groups is 1. The molecule has 0 aliphatic rings. The van der Waals surface area contributed by atoms with Crippen molar-refractivity contribution in [2.45, 2.75) is 6.42 Å². The van der Waals surface area contributed by atoms with Gasteiger partial charge in [-0.05, 0) is 23.8 Å². The minimum Gasteiger partial charge on any atom is -0.504 e. The first-order valence-electron chi connectivity index (χ1n) is 6.76. The summed E-state index contributed by atoms with van der Waals surface area (Å²) in [7, 11) is 0. The summed E-state index contributed by atoms with van der Waals surface area (Å²) in [6.45, 7) is 0. The van der Waals surface area contributed by atoms with Gasteiger partial charge in [0.1, 0.15) is 17.9 Å². The van der Waals surface area contributed by atoms with Crippen molar-refractivity contribution in [3.05, 3.63) is 77.5 Å². The number of nitrogens with one attached hydrogen (secondary N) is 1. The van der Waals surface area contributed by atoms with E-state index in [2.05, 4.69) is 15.2 Å². The Kier molecular flexibility index (Phi) is 4.01. The highest BCUT2D eigenvalue weighted by Gasteiger charge is 2.13. The molecule has 0 radical (unpaired) electrons. The number of nitrogens with zero attached hydrogens (tertiary/aromatic N) is 2. The van der Waals surface area contributed by atoms with Gasteiger partial charge < -0.3 is 9.52 Å². The lowest BCUT2D eigenvalue weighted by molar-refractivity contribution is 0.101. The van der Waals surface area contributed by atoms with Gasteiger partial charge in [0, 0.05) is 12.5 Å². The molecule has 1 aromatic carbocycles. The number of rotatable bonds is 5. The van der Waals surface area contributed by atoms with Gasteiger partial charge in [-0.25, -0.2) is 9.37 Å². The highest BCUT2D eigenvalue weighted by Crippen LogP contribution is 2.17. The van der Waals surface area contributed by atoms with Gasteiger partial charge >= 0.3 is 0 Å². The summed E-state index contributed by atoms with van der Waals surface area (Å²) in [6, 6.07) is 9.41. The number of carbonyl (C=O) groups excluding carboxylic acids is 1. The lowest BCUT2D eigenvalue weighted by atomic mass is 10.1. The second-order valence-electron chi connectivity index (χ2n) is 4.76. The van der Waals surface area contributed by atoms with Crippen molar-refractivity contribution in [1.29, 1.82) is 0 Å². The van der Waals surface area contributed by atoms with Gasteiger partial charge in [0.25, 0.3) is 0 Å². The first kappa shape index (κ1) is 14.7. The lowest BCUT2D eigenvalue weighted by Crippen LogP contribution is -1.96. The van der Waals surface area contributed by atoms with Crippen LogP contribution in [-0.2, 0) is 6.42 Å². The first-order chi connectivity index (χ1) is 11.1. The maximum absolute atomic E-state index is 13.6. The molecule has 0 spiro atoms. The van der Waals surface area contributed by atoms with Crippen LogP contribution in [-0.4, -0.2) is 26.1 Å². The quantitative estimate of drug-likeness (QED) is 0.429. The molecule has 2 aromatic heterocycles. The molecule has 0 aliphatic carbocycles. The number of H-pyrrole nitrogens is 1. The molecule has 7 heteroatoms. The Labute approximate surface area is 130 Å². The van der Waals surface area contributed by atoms with Crippen LogP contribution in [0, 0.1) is 5.82 Å². The number of halogens is 1. The fourth-order valence-corrected chi connectivity index (χ4v) is 2.03. The number of hydrogen-bond acceptors (Lipinski definition) is 5. The molecule has 2 N–H and O–H groups in total. The largest absolute Gasteiger partial charge is 0.504 e.